The normalized spacial score (nSPS) is 21.5. The Labute approximate surface area is 216 Å². The number of fused-ring (bicyclic) bond motifs is 1. The van der Waals surface area contributed by atoms with E-state index in [0.29, 0.717) is 22.1 Å². The number of halogens is 2. The lowest BCUT2D eigenvalue weighted by atomic mass is 9.94. The number of esters is 1. The molecule has 3 aliphatic rings. The molecule has 1 fully saturated rings. The standard InChI is InChI=1S/C23H21ClFN5O4S2/c1-2-34-23(31)19-17-11-14(29-36(32,33)18-4-3-7-26-18)12-30(17)21(22-27-8-9-35-22)28-20(19)15-6-5-13(25)10-16(15)24/h3,5-10,14,20,29H,2,4,11-12H2,1H3/t14-,20-/m0/s1. The van der Waals surface area contributed by atoms with E-state index < -0.39 is 33.9 Å². The van der Waals surface area contributed by atoms with Gasteiger partial charge in [-0.25, -0.2) is 32.3 Å². The van der Waals surface area contributed by atoms with Crippen molar-refractivity contribution < 1.29 is 22.3 Å². The zero-order valence-corrected chi connectivity index (χ0v) is 21.4. The van der Waals surface area contributed by atoms with Gasteiger partial charge in [-0.3, -0.25) is 4.99 Å². The number of sulfonamides is 1. The fraction of sp³-hybridized carbons (Fsp3) is 0.304. The number of benzene rings is 1. The van der Waals surface area contributed by atoms with Crippen molar-refractivity contribution in [1.82, 2.24) is 14.6 Å². The number of hydrogen-bond acceptors (Lipinski definition) is 9. The highest BCUT2D eigenvalue weighted by Crippen LogP contribution is 2.42. The van der Waals surface area contributed by atoms with Gasteiger partial charge in [-0.2, -0.15) is 0 Å². The summed E-state index contributed by atoms with van der Waals surface area (Å²) in [6.45, 7) is 2.04. The summed E-state index contributed by atoms with van der Waals surface area (Å²) in [6.07, 6.45) is 5.18. The second-order valence-electron chi connectivity index (χ2n) is 8.18. The molecule has 2 aromatic rings. The molecule has 5 rings (SSSR count). The monoisotopic (exact) mass is 549 g/mol. The van der Waals surface area contributed by atoms with Crippen LogP contribution in [0.5, 0.6) is 0 Å². The average Bonchev–Trinajstić information content (AvgIpc) is 3.59. The summed E-state index contributed by atoms with van der Waals surface area (Å²) in [5.41, 5.74) is 1.21. The van der Waals surface area contributed by atoms with Crippen LogP contribution < -0.4 is 4.72 Å². The predicted molar refractivity (Wildman–Crippen MR) is 135 cm³/mol. The third kappa shape index (κ3) is 4.61. The zero-order valence-electron chi connectivity index (χ0n) is 19.0. The van der Waals surface area contributed by atoms with Crippen LogP contribution in [0.15, 0.2) is 63.3 Å². The Hall–Kier alpha value is -2.93. The molecular weight excluding hydrogens is 529 g/mol. The Morgan fingerprint density at radius 1 is 1.39 bits per heavy atom. The van der Waals surface area contributed by atoms with Crippen LogP contribution >= 0.6 is 22.9 Å². The van der Waals surface area contributed by atoms with E-state index in [4.69, 9.17) is 21.3 Å². The minimum Gasteiger partial charge on any atom is -0.463 e. The van der Waals surface area contributed by atoms with E-state index >= 15 is 0 Å². The quantitative estimate of drug-likeness (QED) is 0.551. The molecule has 0 spiro atoms. The fourth-order valence-electron chi connectivity index (χ4n) is 4.40. The van der Waals surface area contributed by atoms with Crippen LogP contribution in [0.1, 0.15) is 36.4 Å². The molecule has 0 radical (unpaired) electrons. The molecule has 0 amide bonds. The smallest absolute Gasteiger partial charge is 0.338 e. The Balaban J connectivity index is 1.60. The van der Waals surface area contributed by atoms with E-state index in [0.717, 1.165) is 6.07 Å². The number of nitrogens with zero attached hydrogens (tertiary/aromatic N) is 4. The predicted octanol–water partition coefficient (Wildman–Crippen LogP) is 3.56. The molecule has 4 heterocycles. The highest BCUT2D eigenvalue weighted by Gasteiger charge is 2.43. The van der Waals surface area contributed by atoms with Crippen molar-refractivity contribution in [3.8, 4) is 0 Å². The number of aliphatic imine (C=N–C) groups is 2. The van der Waals surface area contributed by atoms with E-state index in [2.05, 4.69) is 14.7 Å². The maximum atomic E-state index is 13.8. The van der Waals surface area contributed by atoms with E-state index in [1.54, 1.807) is 29.5 Å². The van der Waals surface area contributed by atoms with E-state index in [1.165, 1.54) is 29.7 Å². The van der Waals surface area contributed by atoms with Gasteiger partial charge in [0.1, 0.15) is 11.9 Å². The molecule has 0 saturated carbocycles. The summed E-state index contributed by atoms with van der Waals surface area (Å²) in [7, 11) is -3.83. The largest absolute Gasteiger partial charge is 0.463 e. The van der Waals surface area contributed by atoms with Gasteiger partial charge >= 0.3 is 5.97 Å². The third-order valence-electron chi connectivity index (χ3n) is 5.88. The van der Waals surface area contributed by atoms with Crippen LogP contribution in [0.25, 0.3) is 0 Å². The number of thiazole rings is 1. The van der Waals surface area contributed by atoms with Crippen molar-refractivity contribution in [2.45, 2.75) is 31.8 Å². The molecular formula is C23H21ClFN5O4S2. The summed E-state index contributed by atoms with van der Waals surface area (Å²) in [6, 6.07) is 2.45. The molecule has 9 nitrogen and oxygen atoms in total. The second kappa shape index (κ2) is 9.85. The third-order valence-corrected chi connectivity index (χ3v) is 8.52. The molecule has 1 aromatic heterocycles. The number of hydrogen-bond donors (Lipinski definition) is 1. The molecule has 188 valence electrons. The van der Waals surface area contributed by atoms with Gasteiger partial charge in [-0.05, 0) is 19.1 Å². The summed E-state index contributed by atoms with van der Waals surface area (Å²) in [5, 5.41) is 2.53. The number of rotatable bonds is 6. The van der Waals surface area contributed by atoms with Crippen LogP contribution in [-0.2, 0) is 19.6 Å². The lowest BCUT2D eigenvalue weighted by Gasteiger charge is -2.31. The number of nitrogens with one attached hydrogen (secondary N) is 1. The van der Waals surface area contributed by atoms with Gasteiger partial charge in [-0.15, -0.1) is 11.3 Å². The van der Waals surface area contributed by atoms with Crippen molar-refractivity contribution in [1.29, 1.82) is 0 Å². The summed E-state index contributed by atoms with van der Waals surface area (Å²) in [4.78, 5) is 28.2. The fourth-order valence-corrected chi connectivity index (χ4v) is 6.56. The average molecular weight is 550 g/mol. The minimum absolute atomic E-state index is 0.0387. The molecule has 36 heavy (non-hydrogen) atoms. The summed E-state index contributed by atoms with van der Waals surface area (Å²) >= 11 is 7.75. The molecule has 2 atom stereocenters. The zero-order chi connectivity index (χ0) is 25.4. The van der Waals surface area contributed by atoms with Gasteiger partial charge in [-0.1, -0.05) is 23.7 Å². The first-order valence-corrected chi connectivity index (χ1v) is 13.9. The minimum atomic E-state index is -3.83. The molecule has 1 N–H and O–H groups in total. The first kappa shape index (κ1) is 24.8. The van der Waals surface area contributed by atoms with Gasteiger partial charge in [0, 0.05) is 59.5 Å². The maximum Gasteiger partial charge on any atom is 0.338 e. The lowest BCUT2D eigenvalue weighted by molar-refractivity contribution is -0.139. The van der Waals surface area contributed by atoms with Gasteiger partial charge in [0.2, 0.25) is 0 Å². The Kier molecular flexibility index (Phi) is 6.77. The van der Waals surface area contributed by atoms with Crippen molar-refractivity contribution in [2.24, 2.45) is 9.98 Å². The number of ether oxygens (including phenoxy) is 1. The number of carbonyl (C=O) groups is 1. The van der Waals surface area contributed by atoms with E-state index in [9.17, 15) is 17.6 Å². The SMILES string of the molecule is CCOC(=O)C1=C2C[C@H](NS(=O)(=O)C3=NC=CC3)CN2C(c2nccs2)=N[C@H]1c1ccc(F)cc1Cl. The van der Waals surface area contributed by atoms with Crippen molar-refractivity contribution in [2.75, 3.05) is 13.2 Å². The van der Waals surface area contributed by atoms with Gasteiger partial charge in [0.25, 0.3) is 10.0 Å². The Bertz CT molecular complexity index is 1440. The first-order valence-electron chi connectivity index (χ1n) is 11.1. The number of carbonyl (C=O) groups excluding carboxylic acids is 1. The second-order valence-corrected chi connectivity index (χ2v) is 11.2. The van der Waals surface area contributed by atoms with E-state index in [1.807, 2.05) is 0 Å². The Morgan fingerprint density at radius 2 is 2.22 bits per heavy atom. The number of amidine groups is 1. The topological polar surface area (TPSA) is 113 Å². The highest BCUT2D eigenvalue weighted by atomic mass is 35.5. The highest BCUT2D eigenvalue weighted by molar-refractivity contribution is 8.04. The summed E-state index contributed by atoms with van der Waals surface area (Å²) < 4.78 is 47.7. The molecule has 1 saturated heterocycles. The lowest BCUT2D eigenvalue weighted by Crippen LogP contribution is -2.41. The molecule has 1 aromatic carbocycles. The van der Waals surface area contributed by atoms with Crippen LogP contribution in [0.4, 0.5) is 4.39 Å². The summed E-state index contributed by atoms with van der Waals surface area (Å²) in [5.74, 6) is -0.645. The molecule has 0 aliphatic carbocycles. The van der Waals surface area contributed by atoms with Crippen molar-refractivity contribution in [3.05, 3.63) is 74.7 Å². The number of allylic oxidation sites excluding steroid dienone is 1. The maximum absolute atomic E-state index is 13.8. The van der Waals surface area contributed by atoms with Gasteiger partial charge in [0.15, 0.2) is 15.9 Å². The van der Waals surface area contributed by atoms with Crippen LogP contribution in [-0.4, -0.2) is 54.3 Å². The van der Waals surface area contributed by atoms with Crippen LogP contribution in [0.3, 0.4) is 0 Å². The van der Waals surface area contributed by atoms with Gasteiger partial charge < -0.3 is 9.64 Å². The number of aromatic nitrogens is 1. The first-order chi connectivity index (χ1) is 17.3. The van der Waals surface area contributed by atoms with Crippen molar-refractivity contribution >= 4 is 49.8 Å². The molecule has 3 aliphatic heterocycles. The van der Waals surface area contributed by atoms with Crippen molar-refractivity contribution in [3.63, 3.8) is 0 Å². The van der Waals surface area contributed by atoms with Crippen LogP contribution in [0, 0.1) is 5.82 Å². The Morgan fingerprint density at radius 3 is 2.89 bits per heavy atom. The molecule has 13 heteroatoms. The van der Waals surface area contributed by atoms with Gasteiger partial charge in [0.05, 0.1) is 12.2 Å². The molecule has 0 unspecified atom stereocenters. The van der Waals surface area contributed by atoms with E-state index in [-0.39, 0.29) is 41.6 Å². The van der Waals surface area contributed by atoms with Crippen LogP contribution in [0.2, 0.25) is 5.02 Å². The molecule has 0 bridgehead atoms.